The third-order valence-corrected chi connectivity index (χ3v) is 2.93. The van der Waals surface area contributed by atoms with Gasteiger partial charge in [-0.3, -0.25) is 4.79 Å². The van der Waals surface area contributed by atoms with Gasteiger partial charge in [-0.25, -0.2) is 0 Å². The monoisotopic (exact) mass is 217 g/mol. The second-order valence-corrected chi connectivity index (χ2v) is 4.05. The lowest BCUT2D eigenvalue weighted by Crippen LogP contribution is -1.93. The van der Waals surface area contributed by atoms with Crippen molar-refractivity contribution in [2.45, 2.75) is 20.8 Å². The Morgan fingerprint density at radius 1 is 1.31 bits per heavy atom. The fourth-order valence-electron chi connectivity index (χ4n) is 2.04. The number of H-pyrrole nitrogens is 1. The molecule has 1 aromatic heterocycles. The van der Waals surface area contributed by atoms with E-state index in [1.165, 1.54) is 0 Å². The van der Waals surface area contributed by atoms with Crippen LogP contribution >= 0.6 is 0 Å². The van der Waals surface area contributed by atoms with Crippen molar-refractivity contribution in [3.63, 3.8) is 0 Å². The van der Waals surface area contributed by atoms with Crippen molar-refractivity contribution < 1.29 is 9.53 Å². The van der Waals surface area contributed by atoms with Gasteiger partial charge in [0.15, 0.2) is 5.78 Å². The van der Waals surface area contributed by atoms with Gasteiger partial charge < -0.3 is 9.72 Å². The van der Waals surface area contributed by atoms with Crippen LogP contribution in [0.25, 0.3) is 10.9 Å². The van der Waals surface area contributed by atoms with E-state index in [1.54, 1.807) is 14.0 Å². The number of carbonyl (C=O) groups is 1. The maximum Gasteiger partial charge on any atom is 0.176 e. The maximum absolute atomic E-state index is 11.4. The topological polar surface area (TPSA) is 42.1 Å². The van der Waals surface area contributed by atoms with E-state index in [4.69, 9.17) is 4.74 Å². The van der Waals surface area contributed by atoms with E-state index in [-0.39, 0.29) is 5.78 Å². The Labute approximate surface area is 94.4 Å². The second kappa shape index (κ2) is 3.67. The van der Waals surface area contributed by atoms with Crippen LogP contribution in [0.2, 0.25) is 0 Å². The number of nitrogens with one attached hydrogen (secondary N) is 1. The molecule has 3 nitrogen and oxygen atoms in total. The summed E-state index contributed by atoms with van der Waals surface area (Å²) in [6, 6.07) is 3.98. The van der Waals surface area contributed by atoms with Gasteiger partial charge >= 0.3 is 0 Å². The highest BCUT2D eigenvalue weighted by atomic mass is 16.5. The molecule has 1 aromatic carbocycles. The highest BCUT2D eigenvalue weighted by Gasteiger charge is 2.12. The van der Waals surface area contributed by atoms with Crippen molar-refractivity contribution in [2.24, 2.45) is 0 Å². The predicted octanol–water partition coefficient (Wildman–Crippen LogP) is 3.00. The molecule has 0 atom stereocenters. The first kappa shape index (κ1) is 10.7. The molecule has 0 radical (unpaired) electrons. The molecular formula is C13H15NO2. The summed E-state index contributed by atoms with van der Waals surface area (Å²) in [5.41, 5.74) is 3.72. The van der Waals surface area contributed by atoms with Gasteiger partial charge in [0.05, 0.1) is 12.8 Å². The summed E-state index contributed by atoms with van der Waals surface area (Å²) in [5, 5.41) is 1.05. The largest absolute Gasteiger partial charge is 0.496 e. The Kier molecular flexibility index (Phi) is 2.46. The van der Waals surface area contributed by atoms with Crippen molar-refractivity contribution in [3.05, 3.63) is 29.0 Å². The number of rotatable bonds is 2. The van der Waals surface area contributed by atoms with E-state index < -0.39 is 0 Å². The number of hydrogen-bond donors (Lipinski definition) is 1. The van der Waals surface area contributed by atoms with Crippen LogP contribution in [-0.2, 0) is 0 Å². The Morgan fingerprint density at radius 2 is 2.00 bits per heavy atom. The van der Waals surface area contributed by atoms with E-state index in [2.05, 4.69) is 4.98 Å². The minimum Gasteiger partial charge on any atom is -0.496 e. The Morgan fingerprint density at radius 3 is 2.56 bits per heavy atom. The lowest BCUT2D eigenvalue weighted by atomic mass is 10.1. The number of ether oxygens (including phenoxy) is 1. The molecule has 2 aromatic rings. The summed E-state index contributed by atoms with van der Waals surface area (Å²) in [6.07, 6.45) is 0. The summed E-state index contributed by atoms with van der Waals surface area (Å²) >= 11 is 0. The minimum absolute atomic E-state index is 0.0605. The normalized spacial score (nSPS) is 10.8. The molecule has 0 spiro atoms. The Bertz CT molecular complexity index is 567. The lowest BCUT2D eigenvalue weighted by Gasteiger charge is -2.04. The van der Waals surface area contributed by atoms with Crippen LogP contribution in [0.15, 0.2) is 12.1 Å². The minimum atomic E-state index is 0.0605. The third-order valence-electron chi connectivity index (χ3n) is 2.93. The predicted molar refractivity (Wildman–Crippen MR) is 64.3 cm³/mol. The number of hydrogen-bond acceptors (Lipinski definition) is 2. The van der Waals surface area contributed by atoms with Crippen molar-refractivity contribution in [3.8, 4) is 5.75 Å². The Balaban J connectivity index is 2.77. The molecule has 0 aliphatic carbocycles. The summed E-state index contributed by atoms with van der Waals surface area (Å²) in [7, 11) is 1.65. The van der Waals surface area contributed by atoms with Gasteiger partial charge in [0.2, 0.25) is 0 Å². The van der Waals surface area contributed by atoms with E-state index in [0.29, 0.717) is 5.69 Å². The molecule has 0 amide bonds. The van der Waals surface area contributed by atoms with Crippen LogP contribution in [0.4, 0.5) is 0 Å². The van der Waals surface area contributed by atoms with E-state index >= 15 is 0 Å². The molecule has 0 saturated heterocycles. The highest BCUT2D eigenvalue weighted by molar-refractivity contribution is 6.01. The first-order valence-electron chi connectivity index (χ1n) is 5.22. The van der Waals surface area contributed by atoms with Gasteiger partial charge in [-0.2, -0.15) is 0 Å². The van der Waals surface area contributed by atoms with Gasteiger partial charge in [0, 0.05) is 17.8 Å². The second-order valence-electron chi connectivity index (χ2n) is 4.05. The van der Waals surface area contributed by atoms with Crippen molar-refractivity contribution in [1.29, 1.82) is 0 Å². The number of ketones is 1. The van der Waals surface area contributed by atoms with Gasteiger partial charge in [0.1, 0.15) is 5.75 Å². The number of benzene rings is 1. The summed E-state index contributed by atoms with van der Waals surface area (Å²) in [5.74, 6) is 0.912. The molecule has 1 N–H and O–H groups in total. The molecule has 0 aliphatic rings. The fraction of sp³-hybridized carbons (Fsp3) is 0.308. The molecule has 0 aliphatic heterocycles. The van der Waals surface area contributed by atoms with Gasteiger partial charge in [-0.15, -0.1) is 0 Å². The van der Waals surface area contributed by atoms with E-state index in [0.717, 1.165) is 27.8 Å². The molecule has 16 heavy (non-hydrogen) atoms. The number of methoxy groups -OCH3 is 1. The number of Topliss-reactive ketones (excluding diaryl/α,β-unsaturated/α-hetero) is 1. The van der Waals surface area contributed by atoms with Gasteiger partial charge in [0.25, 0.3) is 0 Å². The molecular weight excluding hydrogens is 202 g/mol. The number of aryl methyl sites for hydroxylation is 2. The van der Waals surface area contributed by atoms with Gasteiger partial charge in [-0.05, 0) is 37.1 Å². The molecule has 84 valence electrons. The SMILES string of the molecule is COc1cc2c(C)c(C(C)=O)[nH]c2cc1C. The average molecular weight is 217 g/mol. The van der Waals surface area contributed by atoms with Crippen molar-refractivity contribution in [1.82, 2.24) is 4.98 Å². The van der Waals surface area contributed by atoms with Crippen molar-refractivity contribution >= 4 is 16.7 Å². The van der Waals surface area contributed by atoms with E-state index in [1.807, 2.05) is 26.0 Å². The fourth-order valence-corrected chi connectivity index (χ4v) is 2.04. The third kappa shape index (κ3) is 1.48. The molecule has 0 bridgehead atoms. The number of fused-ring (bicyclic) bond motifs is 1. The maximum atomic E-state index is 11.4. The van der Waals surface area contributed by atoms with Crippen LogP contribution in [0.1, 0.15) is 28.5 Å². The van der Waals surface area contributed by atoms with Crippen LogP contribution in [-0.4, -0.2) is 17.9 Å². The zero-order valence-electron chi connectivity index (χ0n) is 9.97. The van der Waals surface area contributed by atoms with E-state index in [9.17, 15) is 4.79 Å². The Hall–Kier alpha value is -1.77. The number of aromatic nitrogens is 1. The van der Waals surface area contributed by atoms with Crippen LogP contribution in [0.3, 0.4) is 0 Å². The number of aromatic amines is 1. The first-order valence-corrected chi connectivity index (χ1v) is 5.22. The summed E-state index contributed by atoms with van der Waals surface area (Å²) in [6.45, 7) is 5.51. The average Bonchev–Trinajstić information content (AvgIpc) is 2.54. The van der Waals surface area contributed by atoms with Crippen LogP contribution in [0.5, 0.6) is 5.75 Å². The lowest BCUT2D eigenvalue weighted by molar-refractivity contribution is 0.101. The zero-order valence-corrected chi connectivity index (χ0v) is 9.97. The quantitative estimate of drug-likeness (QED) is 0.786. The highest BCUT2D eigenvalue weighted by Crippen LogP contribution is 2.29. The molecule has 2 rings (SSSR count). The molecule has 0 saturated carbocycles. The zero-order chi connectivity index (χ0) is 11.9. The van der Waals surface area contributed by atoms with Crippen LogP contribution < -0.4 is 4.74 Å². The smallest absolute Gasteiger partial charge is 0.176 e. The van der Waals surface area contributed by atoms with Gasteiger partial charge in [-0.1, -0.05) is 0 Å². The molecule has 1 heterocycles. The molecule has 0 fully saturated rings. The van der Waals surface area contributed by atoms with Crippen molar-refractivity contribution in [2.75, 3.05) is 7.11 Å². The first-order chi connectivity index (χ1) is 7.54. The van der Waals surface area contributed by atoms with Crippen LogP contribution in [0, 0.1) is 13.8 Å². The summed E-state index contributed by atoms with van der Waals surface area (Å²) < 4.78 is 5.28. The molecule has 0 unspecified atom stereocenters. The number of carbonyl (C=O) groups excluding carboxylic acids is 1. The standard InChI is InChI=1S/C13H15NO2/c1-7-5-11-10(6-12(7)16-4)8(2)13(14-11)9(3)15/h5-6,14H,1-4H3. The summed E-state index contributed by atoms with van der Waals surface area (Å²) in [4.78, 5) is 14.6. The molecule has 3 heteroatoms.